The van der Waals surface area contributed by atoms with Gasteiger partial charge in [-0.3, -0.25) is 14.4 Å². The number of hydrogen-bond donors (Lipinski definition) is 1. The number of carbonyl (C=O) groups is 3. The molecule has 1 N–H and O–H groups in total. The second-order valence-electron chi connectivity index (χ2n) is 7.39. The average molecular weight is 401 g/mol. The Morgan fingerprint density at radius 2 is 1.33 bits per heavy atom. The number of anilines is 1. The number of hydrogen-bond acceptors (Lipinski definition) is 4. The molecule has 152 valence electrons. The number of benzene rings is 3. The van der Waals surface area contributed by atoms with Gasteiger partial charge in [-0.05, 0) is 55.8 Å². The third-order valence-corrected chi connectivity index (χ3v) is 4.84. The van der Waals surface area contributed by atoms with Crippen LogP contribution in [0.15, 0.2) is 84.9 Å². The van der Waals surface area contributed by atoms with Crippen molar-refractivity contribution in [3.05, 3.63) is 102 Å². The molecule has 0 saturated carbocycles. The second-order valence-corrected chi connectivity index (χ2v) is 7.39. The summed E-state index contributed by atoms with van der Waals surface area (Å²) >= 11 is 0. The minimum absolute atomic E-state index is 0.230. The summed E-state index contributed by atoms with van der Waals surface area (Å²) in [5, 5.41) is 2.78. The van der Waals surface area contributed by atoms with Crippen molar-refractivity contribution >= 4 is 23.3 Å². The molecule has 0 heterocycles. The van der Waals surface area contributed by atoms with E-state index in [4.69, 9.17) is 4.74 Å². The molecule has 0 unspecified atom stereocenters. The van der Waals surface area contributed by atoms with Crippen LogP contribution in [0.1, 0.15) is 40.1 Å². The first-order chi connectivity index (χ1) is 14.4. The van der Waals surface area contributed by atoms with E-state index in [1.165, 1.54) is 0 Å². The Bertz CT molecular complexity index is 1030. The van der Waals surface area contributed by atoms with E-state index in [1.807, 2.05) is 36.4 Å². The van der Waals surface area contributed by atoms with Gasteiger partial charge in [0.25, 0.3) is 5.91 Å². The number of carbonyl (C=O) groups excluding carboxylic acids is 3. The second kappa shape index (κ2) is 9.18. The smallest absolute Gasteiger partial charge is 0.316 e. The van der Waals surface area contributed by atoms with Crippen molar-refractivity contribution in [2.75, 3.05) is 11.9 Å². The molecular weight excluding hydrogens is 378 g/mol. The molecule has 0 aliphatic rings. The van der Waals surface area contributed by atoms with Gasteiger partial charge in [-0.25, -0.2) is 0 Å². The molecular formula is C25H23NO4. The molecule has 0 aliphatic heterocycles. The predicted octanol–water partition coefficient (Wildman–Crippen LogP) is 4.64. The maximum atomic E-state index is 12.5. The van der Waals surface area contributed by atoms with Crippen LogP contribution < -0.4 is 5.32 Å². The van der Waals surface area contributed by atoms with E-state index in [-0.39, 0.29) is 18.3 Å². The number of Topliss-reactive ketones (excluding diaryl/α,β-unsaturated/α-hetero) is 1. The molecule has 0 saturated heterocycles. The zero-order valence-electron chi connectivity index (χ0n) is 16.9. The Labute approximate surface area is 175 Å². The largest absolute Gasteiger partial charge is 0.457 e. The molecule has 3 aromatic carbocycles. The highest BCUT2D eigenvalue weighted by Crippen LogP contribution is 2.24. The number of rotatable bonds is 7. The van der Waals surface area contributed by atoms with Gasteiger partial charge in [0.2, 0.25) is 0 Å². The van der Waals surface area contributed by atoms with E-state index in [9.17, 15) is 14.4 Å². The predicted molar refractivity (Wildman–Crippen MR) is 116 cm³/mol. The normalized spacial score (nSPS) is 10.9. The van der Waals surface area contributed by atoms with Crippen LogP contribution in [0.5, 0.6) is 0 Å². The summed E-state index contributed by atoms with van der Waals surface area (Å²) < 4.78 is 5.27. The summed E-state index contributed by atoms with van der Waals surface area (Å²) in [4.78, 5) is 37.1. The van der Waals surface area contributed by atoms with Crippen LogP contribution in [-0.2, 0) is 14.9 Å². The molecule has 0 spiro atoms. The first kappa shape index (κ1) is 21.0. The maximum Gasteiger partial charge on any atom is 0.316 e. The molecule has 3 rings (SSSR count). The Morgan fingerprint density at radius 3 is 1.93 bits per heavy atom. The highest BCUT2D eigenvalue weighted by atomic mass is 16.5. The monoisotopic (exact) mass is 401 g/mol. The van der Waals surface area contributed by atoms with E-state index >= 15 is 0 Å². The molecule has 1 amide bonds. The average Bonchev–Trinajstić information content (AvgIpc) is 2.78. The van der Waals surface area contributed by atoms with Crippen LogP contribution in [0.25, 0.3) is 0 Å². The van der Waals surface area contributed by atoms with Crippen LogP contribution in [0.4, 0.5) is 5.69 Å². The lowest BCUT2D eigenvalue weighted by molar-refractivity contribution is -0.148. The van der Waals surface area contributed by atoms with Crippen molar-refractivity contribution < 1.29 is 19.1 Å². The first-order valence-electron chi connectivity index (χ1n) is 9.60. The first-order valence-corrected chi connectivity index (χ1v) is 9.60. The van der Waals surface area contributed by atoms with Gasteiger partial charge in [0.15, 0.2) is 12.4 Å². The Kier molecular flexibility index (Phi) is 6.42. The fourth-order valence-corrected chi connectivity index (χ4v) is 2.90. The SMILES string of the molecule is CC(C)(C(=O)OCC(=O)c1ccc(NC(=O)c2ccccc2)cc1)c1ccccc1. The van der Waals surface area contributed by atoms with Gasteiger partial charge in [-0.1, -0.05) is 48.5 Å². The van der Waals surface area contributed by atoms with Crippen molar-refractivity contribution in [2.24, 2.45) is 0 Å². The van der Waals surface area contributed by atoms with Gasteiger partial charge >= 0.3 is 5.97 Å². The zero-order valence-corrected chi connectivity index (χ0v) is 16.9. The van der Waals surface area contributed by atoms with Crippen molar-refractivity contribution in [1.29, 1.82) is 0 Å². The zero-order chi connectivity index (χ0) is 21.6. The molecule has 0 atom stereocenters. The van der Waals surface area contributed by atoms with Crippen molar-refractivity contribution in [3.63, 3.8) is 0 Å². The third kappa shape index (κ3) is 5.00. The fraction of sp³-hybridized carbons (Fsp3) is 0.160. The molecule has 0 bridgehead atoms. The number of esters is 1. The van der Waals surface area contributed by atoms with Gasteiger partial charge in [0.05, 0.1) is 5.41 Å². The quantitative estimate of drug-likeness (QED) is 0.462. The van der Waals surface area contributed by atoms with Crippen molar-refractivity contribution in [1.82, 2.24) is 0 Å². The van der Waals surface area contributed by atoms with E-state index in [0.29, 0.717) is 16.8 Å². The number of nitrogens with one attached hydrogen (secondary N) is 1. The Morgan fingerprint density at radius 1 is 0.767 bits per heavy atom. The van der Waals surface area contributed by atoms with Crippen LogP contribution in [0.2, 0.25) is 0 Å². The van der Waals surface area contributed by atoms with Gasteiger partial charge in [-0.2, -0.15) is 0 Å². The summed E-state index contributed by atoms with van der Waals surface area (Å²) in [5.74, 6) is -1.01. The number of amides is 1. The van der Waals surface area contributed by atoms with Gasteiger partial charge in [-0.15, -0.1) is 0 Å². The number of ketones is 1. The highest BCUT2D eigenvalue weighted by Gasteiger charge is 2.31. The van der Waals surface area contributed by atoms with E-state index in [2.05, 4.69) is 5.32 Å². The molecule has 5 heteroatoms. The third-order valence-electron chi connectivity index (χ3n) is 4.84. The van der Waals surface area contributed by atoms with Crippen LogP contribution in [-0.4, -0.2) is 24.3 Å². The topological polar surface area (TPSA) is 72.5 Å². The van der Waals surface area contributed by atoms with Gasteiger partial charge in [0, 0.05) is 16.8 Å². The summed E-state index contributed by atoms with van der Waals surface area (Å²) in [5.41, 5.74) is 1.49. The Balaban J connectivity index is 1.57. The summed E-state index contributed by atoms with van der Waals surface area (Å²) in [6, 6.07) is 24.6. The molecule has 3 aromatic rings. The van der Waals surface area contributed by atoms with Gasteiger partial charge < -0.3 is 10.1 Å². The van der Waals surface area contributed by atoms with Crippen LogP contribution in [0, 0.1) is 0 Å². The molecule has 5 nitrogen and oxygen atoms in total. The molecule has 30 heavy (non-hydrogen) atoms. The molecule has 0 fully saturated rings. The van der Waals surface area contributed by atoms with Crippen LogP contribution in [0.3, 0.4) is 0 Å². The van der Waals surface area contributed by atoms with Crippen LogP contribution >= 0.6 is 0 Å². The highest BCUT2D eigenvalue weighted by molar-refractivity contribution is 6.04. The minimum atomic E-state index is -0.854. The standard InChI is InChI=1S/C25H23NO4/c1-25(2,20-11-7-4-8-12-20)24(29)30-17-22(27)18-13-15-21(16-14-18)26-23(28)19-9-5-3-6-10-19/h3-16H,17H2,1-2H3,(H,26,28). The Hall–Kier alpha value is -3.73. The molecule has 0 aromatic heterocycles. The van der Waals surface area contributed by atoms with E-state index < -0.39 is 11.4 Å². The minimum Gasteiger partial charge on any atom is -0.457 e. The van der Waals surface area contributed by atoms with E-state index in [1.54, 1.807) is 62.4 Å². The van der Waals surface area contributed by atoms with Gasteiger partial charge in [0.1, 0.15) is 0 Å². The lowest BCUT2D eigenvalue weighted by Crippen LogP contribution is -2.32. The molecule has 0 radical (unpaired) electrons. The van der Waals surface area contributed by atoms with E-state index in [0.717, 1.165) is 5.56 Å². The molecule has 0 aliphatic carbocycles. The lowest BCUT2D eigenvalue weighted by Gasteiger charge is -2.22. The summed E-state index contributed by atoms with van der Waals surface area (Å²) in [7, 11) is 0. The number of ether oxygens (including phenoxy) is 1. The fourth-order valence-electron chi connectivity index (χ4n) is 2.90. The lowest BCUT2D eigenvalue weighted by atomic mass is 9.85. The maximum absolute atomic E-state index is 12.5. The van der Waals surface area contributed by atoms with Crippen molar-refractivity contribution in [2.45, 2.75) is 19.3 Å². The summed E-state index contributed by atoms with van der Waals surface area (Å²) in [6.07, 6.45) is 0. The summed E-state index contributed by atoms with van der Waals surface area (Å²) in [6.45, 7) is 3.18. The van der Waals surface area contributed by atoms with Crippen molar-refractivity contribution in [3.8, 4) is 0 Å².